The second kappa shape index (κ2) is 7.61. The number of nitrogens with one attached hydrogen (secondary N) is 1. The number of ether oxygens (including phenoxy) is 1. The summed E-state index contributed by atoms with van der Waals surface area (Å²) in [5, 5.41) is 13.1. The summed E-state index contributed by atoms with van der Waals surface area (Å²) in [7, 11) is 0. The fraction of sp³-hybridized carbons (Fsp3) is 0.588. The SMILES string of the molecule is CC(C)(O)CNC1CCN(C(=O)OCc2ccccc2)CC1. The van der Waals surface area contributed by atoms with Gasteiger partial charge in [0, 0.05) is 25.7 Å². The molecular weight excluding hydrogens is 280 g/mol. The third-order valence-corrected chi connectivity index (χ3v) is 3.78. The van der Waals surface area contributed by atoms with Crippen LogP contribution in [0.1, 0.15) is 32.3 Å². The standard InChI is InChI=1S/C17H26N2O3/c1-17(2,21)13-18-15-8-10-19(11-9-15)16(20)22-12-14-6-4-3-5-7-14/h3-7,15,18,21H,8-13H2,1-2H3. The van der Waals surface area contributed by atoms with Crippen molar-refractivity contribution < 1.29 is 14.6 Å². The minimum atomic E-state index is -0.703. The number of likely N-dealkylation sites (tertiary alicyclic amines) is 1. The number of nitrogens with zero attached hydrogens (tertiary/aromatic N) is 1. The largest absolute Gasteiger partial charge is 0.445 e. The Bertz CT molecular complexity index is 463. The minimum absolute atomic E-state index is 0.246. The van der Waals surface area contributed by atoms with Gasteiger partial charge < -0.3 is 20.1 Å². The van der Waals surface area contributed by atoms with Gasteiger partial charge in [-0.15, -0.1) is 0 Å². The summed E-state index contributed by atoms with van der Waals surface area (Å²) >= 11 is 0. The van der Waals surface area contributed by atoms with Gasteiger partial charge in [0.15, 0.2) is 0 Å². The summed E-state index contributed by atoms with van der Waals surface area (Å²) in [6.45, 7) is 5.84. The highest BCUT2D eigenvalue weighted by Crippen LogP contribution is 2.13. The first-order valence-electron chi connectivity index (χ1n) is 7.85. The molecule has 5 nitrogen and oxygen atoms in total. The van der Waals surface area contributed by atoms with Crippen molar-refractivity contribution in [2.45, 2.75) is 44.9 Å². The molecule has 2 rings (SSSR count). The van der Waals surface area contributed by atoms with E-state index in [2.05, 4.69) is 5.32 Å². The van der Waals surface area contributed by atoms with Gasteiger partial charge >= 0.3 is 6.09 Å². The molecule has 0 spiro atoms. The van der Waals surface area contributed by atoms with Gasteiger partial charge in [-0.05, 0) is 32.3 Å². The van der Waals surface area contributed by atoms with E-state index in [-0.39, 0.29) is 6.09 Å². The highest BCUT2D eigenvalue weighted by Gasteiger charge is 2.24. The predicted octanol–water partition coefficient (Wildman–Crippen LogP) is 2.15. The van der Waals surface area contributed by atoms with E-state index in [0.717, 1.165) is 18.4 Å². The van der Waals surface area contributed by atoms with E-state index in [0.29, 0.717) is 32.3 Å². The smallest absolute Gasteiger partial charge is 0.410 e. The number of rotatable bonds is 5. The molecule has 1 saturated heterocycles. The van der Waals surface area contributed by atoms with Gasteiger partial charge in [0.25, 0.3) is 0 Å². The zero-order valence-electron chi connectivity index (χ0n) is 13.4. The van der Waals surface area contributed by atoms with Crippen LogP contribution in [-0.4, -0.2) is 47.4 Å². The van der Waals surface area contributed by atoms with Gasteiger partial charge in [-0.2, -0.15) is 0 Å². The highest BCUT2D eigenvalue weighted by atomic mass is 16.6. The van der Waals surface area contributed by atoms with Crippen LogP contribution in [0.5, 0.6) is 0 Å². The molecule has 1 aliphatic rings. The van der Waals surface area contributed by atoms with Gasteiger partial charge in [-0.1, -0.05) is 30.3 Å². The first-order chi connectivity index (χ1) is 10.4. The van der Waals surface area contributed by atoms with Crippen molar-refractivity contribution in [3.05, 3.63) is 35.9 Å². The summed E-state index contributed by atoms with van der Waals surface area (Å²) in [5.41, 5.74) is 0.295. The van der Waals surface area contributed by atoms with Crippen LogP contribution < -0.4 is 5.32 Å². The minimum Gasteiger partial charge on any atom is -0.445 e. The average Bonchev–Trinajstić information content (AvgIpc) is 2.51. The zero-order valence-corrected chi connectivity index (χ0v) is 13.4. The molecule has 1 amide bonds. The molecule has 0 atom stereocenters. The van der Waals surface area contributed by atoms with Crippen LogP contribution in [0.25, 0.3) is 0 Å². The highest BCUT2D eigenvalue weighted by molar-refractivity contribution is 5.67. The molecular formula is C17H26N2O3. The van der Waals surface area contributed by atoms with Gasteiger partial charge in [0.2, 0.25) is 0 Å². The number of aliphatic hydroxyl groups is 1. The lowest BCUT2D eigenvalue weighted by Crippen LogP contribution is -2.48. The molecule has 0 saturated carbocycles. The fourth-order valence-electron chi connectivity index (χ4n) is 2.47. The van der Waals surface area contributed by atoms with Crippen molar-refractivity contribution in [3.63, 3.8) is 0 Å². The first-order valence-corrected chi connectivity index (χ1v) is 7.85. The Balaban J connectivity index is 1.69. The number of amides is 1. The van der Waals surface area contributed by atoms with Crippen LogP contribution in [-0.2, 0) is 11.3 Å². The predicted molar refractivity (Wildman–Crippen MR) is 85.5 cm³/mol. The summed E-state index contributed by atoms with van der Waals surface area (Å²) < 4.78 is 5.34. The summed E-state index contributed by atoms with van der Waals surface area (Å²) in [6.07, 6.45) is 1.53. The molecule has 1 heterocycles. The van der Waals surface area contributed by atoms with Gasteiger partial charge in [-0.25, -0.2) is 4.79 Å². The lowest BCUT2D eigenvalue weighted by atomic mass is 10.0. The van der Waals surface area contributed by atoms with E-state index in [1.807, 2.05) is 30.3 Å². The van der Waals surface area contributed by atoms with E-state index in [4.69, 9.17) is 4.74 Å². The quantitative estimate of drug-likeness (QED) is 0.875. The molecule has 0 bridgehead atoms. The number of benzene rings is 1. The third kappa shape index (κ3) is 5.66. The lowest BCUT2D eigenvalue weighted by Gasteiger charge is -2.33. The first kappa shape index (κ1) is 16.8. The maximum Gasteiger partial charge on any atom is 0.410 e. The topological polar surface area (TPSA) is 61.8 Å². The number of hydrogen-bond donors (Lipinski definition) is 2. The van der Waals surface area contributed by atoms with Crippen LogP contribution >= 0.6 is 0 Å². The van der Waals surface area contributed by atoms with E-state index < -0.39 is 5.60 Å². The van der Waals surface area contributed by atoms with Gasteiger partial charge in [0.05, 0.1) is 5.60 Å². The van der Waals surface area contributed by atoms with Crippen molar-refractivity contribution in [2.24, 2.45) is 0 Å². The summed E-state index contributed by atoms with van der Waals surface area (Å²) in [6, 6.07) is 10.0. The van der Waals surface area contributed by atoms with E-state index in [1.54, 1.807) is 18.7 Å². The van der Waals surface area contributed by atoms with Crippen LogP contribution in [0, 0.1) is 0 Å². The second-order valence-corrected chi connectivity index (χ2v) is 6.49. The van der Waals surface area contributed by atoms with E-state index >= 15 is 0 Å². The molecule has 5 heteroatoms. The van der Waals surface area contributed by atoms with E-state index in [9.17, 15) is 9.90 Å². The second-order valence-electron chi connectivity index (χ2n) is 6.49. The average molecular weight is 306 g/mol. The Kier molecular flexibility index (Phi) is 5.80. The summed E-state index contributed by atoms with van der Waals surface area (Å²) in [5.74, 6) is 0. The Morgan fingerprint density at radius 2 is 1.95 bits per heavy atom. The molecule has 122 valence electrons. The monoisotopic (exact) mass is 306 g/mol. The number of carbonyl (C=O) groups excluding carboxylic acids is 1. The fourth-order valence-corrected chi connectivity index (χ4v) is 2.47. The van der Waals surface area contributed by atoms with Gasteiger partial charge in [-0.3, -0.25) is 0 Å². The molecule has 1 aromatic rings. The van der Waals surface area contributed by atoms with Crippen LogP contribution in [0.2, 0.25) is 0 Å². The molecule has 1 fully saturated rings. The van der Waals surface area contributed by atoms with Crippen LogP contribution in [0.15, 0.2) is 30.3 Å². The third-order valence-electron chi connectivity index (χ3n) is 3.78. The van der Waals surface area contributed by atoms with Crippen molar-refractivity contribution in [1.82, 2.24) is 10.2 Å². The molecule has 2 N–H and O–H groups in total. The van der Waals surface area contributed by atoms with E-state index in [1.165, 1.54) is 0 Å². The van der Waals surface area contributed by atoms with Crippen molar-refractivity contribution in [1.29, 1.82) is 0 Å². The zero-order chi connectivity index (χ0) is 16.0. The van der Waals surface area contributed by atoms with Crippen LogP contribution in [0.3, 0.4) is 0 Å². The maximum atomic E-state index is 12.0. The van der Waals surface area contributed by atoms with Crippen molar-refractivity contribution in [2.75, 3.05) is 19.6 Å². The molecule has 0 aromatic heterocycles. The molecule has 1 aliphatic heterocycles. The lowest BCUT2D eigenvalue weighted by molar-refractivity contribution is 0.0658. The van der Waals surface area contributed by atoms with Crippen LogP contribution in [0.4, 0.5) is 4.79 Å². The molecule has 22 heavy (non-hydrogen) atoms. The molecule has 1 aromatic carbocycles. The van der Waals surface area contributed by atoms with Crippen molar-refractivity contribution >= 4 is 6.09 Å². The molecule has 0 radical (unpaired) electrons. The molecule has 0 unspecified atom stereocenters. The Hall–Kier alpha value is -1.59. The summed E-state index contributed by atoms with van der Waals surface area (Å²) in [4.78, 5) is 13.8. The number of carbonyl (C=O) groups is 1. The number of hydrogen-bond acceptors (Lipinski definition) is 4. The Morgan fingerprint density at radius 1 is 1.32 bits per heavy atom. The molecule has 0 aliphatic carbocycles. The maximum absolute atomic E-state index is 12.0. The van der Waals surface area contributed by atoms with Crippen molar-refractivity contribution in [3.8, 4) is 0 Å². The Morgan fingerprint density at radius 3 is 2.55 bits per heavy atom. The van der Waals surface area contributed by atoms with Gasteiger partial charge in [0.1, 0.15) is 6.61 Å². The number of piperidine rings is 1. The normalized spacial score (nSPS) is 16.6. The Labute approximate surface area is 132 Å².